The van der Waals surface area contributed by atoms with E-state index in [4.69, 9.17) is 13.9 Å². The van der Waals surface area contributed by atoms with Gasteiger partial charge in [-0.1, -0.05) is 78.9 Å². The van der Waals surface area contributed by atoms with Crippen LogP contribution in [0, 0.1) is 0 Å². The van der Waals surface area contributed by atoms with Crippen molar-refractivity contribution >= 4 is 16.9 Å². The summed E-state index contributed by atoms with van der Waals surface area (Å²) in [6.45, 7) is 0.267. The fraction of sp³-hybridized carbons (Fsp3) is 0.125. The van der Waals surface area contributed by atoms with Crippen molar-refractivity contribution in [3.8, 4) is 0 Å². The van der Waals surface area contributed by atoms with Gasteiger partial charge >= 0.3 is 5.97 Å². The van der Waals surface area contributed by atoms with Crippen molar-refractivity contribution in [1.29, 1.82) is 0 Å². The minimum atomic E-state index is -0.529. The van der Waals surface area contributed by atoms with Gasteiger partial charge in [0.15, 0.2) is 6.10 Å². The van der Waals surface area contributed by atoms with E-state index in [2.05, 4.69) is 0 Å². The number of ether oxygens (including phenoxy) is 2. The lowest BCUT2D eigenvalue weighted by Crippen LogP contribution is -2.14. The van der Waals surface area contributed by atoms with Gasteiger partial charge in [0.05, 0.1) is 6.61 Å². The van der Waals surface area contributed by atoms with Gasteiger partial charge in [-0.3, -0.25) is 0 Å². The molecule has 3 aromatic carbocycles. The van der Waals surface area contributed by atoms with Crippen molar-refractivity contribution in [1.82, 2.24) is 0 Å². The van der Waals surface area contributed by atoms with Gasteiger partial charge in [-0.05, 0) is 17.2 Å². The molecule has 0 atom stereocenters. The van der Waals surface area contributed by atoms with Crippen LogP contribution in [0.5, 0.6) is 0 Å². The van der Waals surface area contributed by atoms with E-state index in [1.807, 2.05) is 84.9 Å². The standard InChI is InChI=1S/C24H20O4/c1-26-16-20-19-14-8-9-15-21(19)27-23(20)24(25)28-22(17-10-4-2-5-11-17)18-12-6-3-7-13-18/h2-15,22H,16H2,1H3. The number of esters is 1. The molecule has 1 aromatic heterocycles. The Morgan fingerprint density at radius 2 is 1.43 bits per heavy atom. The van der Waals surface area contributed by atoms with Crippen LogP contribution in [-0.4, -0.2) is 13.1 Å². The molecule has 0 radical (unpaired) electrons. The zero-order valence-corrected chi connectivity index (χ0v) is 15.5. The smallest absolute Gasteiger partial charge is 0.375 e. The Hall–Kier alpha value is -3.37. The number of para-hydroxylation sites is 1. The van der Waals surface area contributed by atoms with Crippen molar-refractivity contribution in [3.05, 3.63) is 107 Å². The molecule has 4 heteroatoms. The van der Waals surface area contributed by atoms with Crippen molar-refractivity contribution in [3.63, 3.8) is 0 Å². The summed E-state index contributed by atoms with van der Waals surface area (Å²) in [6, 6.07) is 26.9. The molecule has 0 saturated carbocycles. The van der Waals surface area contributed by atoms with E-state index in [-0.39, 0.29) is 12.4 Å². The fourth-order valence-corrected chi connectivity index (χ4v) is 3.30. The first-order chi connectivity index (χ1) is 13.8. The Morgan fingerprint density at radius 3 is 2.04 bits per heavy atom. The van der Waals surface area contributed by atoms with Crippen LogP contribution in [0.25, 0.3) is 11.0 Å². The van der Waals surface area contributed by atoms with Gasteiger partial charge in [-0.25, -0.2) is 4.79 Å². The molecule has 0 unspecified atom stereocenters. The predicted octanol–water partition coefficient (Wildman–Crippen LogP) is 5.53. The number of methoxy groups -OCH3 is 1. The van der Waals surface area contributed by atoms with E-state index in [1.54, 1.807) is 7.11 Å². The molecule has 0 aliphatic carbocycles. The summed E-state index contributed by atoms with van der Waals surface area (Å²) < 4.78 is 17.1. The topological polar surface area (TPSA) is 48.7 Å². The van der Waals surface area contributed by atoms with Gasteiger partial charge in [0.25, 0.3) is 0 Å². The normalized spacial score (nSPS) is 11.1. The highest BCUT2D eigenvalue weighted by Crippen LogP contribution is 2.31. The fourth-order valence-electron chi connectivity index (χ4n) is 3.30. The van der Waals surface area contributed by atoms with Crippen LogP contribution in [0.1, 0.15) is 33.3 Å². The third kappa shape index (κ3) is 3.55. The molecule has 4 rings (SSSR count). The second-order valence-corrected chi connectivity index (χ2v) is 6.45. The number of furan rings is 1. The second-order valence-electron chi connectivity index (χ2n) is 6.45. The highest BCUT2D eigenvalue weighted by molar-refractivity contribution is 5.96. The third-order valence-corrected chi connectivity index (χ3v) is 4.60. The first-order valence-electron chi connectivity index (χ1n) is 9.08. The lowest BCUT2D eigenvalue weighted by molar-refractivity contribution is 0.0338. The molecule has 0 amide bonds. The lowest BCUT2D eigenvalue weighted by Gasteiger charge is -2.18. The van der Waals surface area contributed by atoms with Crippen LogP contribution < -0.4 is 0 Å². The van der Waals surface area contributed by atoms with Crippen molar-refractivity contribution in [2.45, 2.75) is 12.7 Å². The lowest BCUT2D eigenvalue weighted by atomic mass is 10.0. The molecule has 1 heterocycles. The van der Waals surface area contributed by atoms with Gasteiger partial charge in [0.1, 0.15) is 5.58 Å². The molecule has 0 saturated heterocycles. The number of fused-ring (bicyclic) bond motifs is 1. The molecule has 0 spiro atoms. The Bertz CT molecular complexity index is 1030. The quantitative estimate of drug-likeness (QED) is 0.418. The number of hydrogen-bond acceptors (Lipinski definition) is 4. The molecule has 0 aliphatic heterocycles. The summed E-state index contributed by atoms with van der Waals surface area (Å²) in [7, 11) is 1.59. The van der Waals surface area contributed by atoms with Gasteiger partial charge in [0.2, 0.25) is 5.76 Å². The van der Waals surface area contributed by atoms with Crippen molar-refractivity contribution in [2.75, 3.05) is 7.11 Å². The summed E-state index contributed by atoms with van der Waals surface area (Å²) in [6.07, 6.45) is -0.529. The van der Waals surface area contributed by atoms with E-state index in [0.29, 0.717) is 11.1 Å². The number of hydrogen-bond donors (Lipinski definition) is 0. The zero-order valence-electron chi connectivity index (χ0n) is 15.5. The maximum atomic E-state index is 13.1. The average molecular weight is 372 g/mol. The summed E-state index contributed by atoms with van der Waals surface area (Å²) >= 11 is 0. The van der Waals surface area contributed by atoms with Gasteiger partial charge in [-0.2, -0.15) is 0 Å². The van der Waals surface area contributed by atoms with Gasteiger partial charge in [-0.15, -0.1) is 0 Å². The van der Waals surface area contributed by atoms with E-state index in [0.717, 1.165) is 16.5 Å². The first kappa shape index (κ1) is 18.0. The Labute approximate surface area is 163 Å². The predicted molar refractivity (Wildman–Crippen MR) is 107 cm³/mol. The largest absolute Gasteiger partial charge is 0.449 e. The SMILES string of the molecule is COCc1c(C(=O)OC(c2ccccc2)c2ccccc2)oc2ccccc12. The van der Waals surface area contributed by atoms with Gasteiger partial charge < -0.3 is 13.9 Å². The molecular formula is C24H20O4. The van der Waals surface area contributed by atoms with Gasteiger partial charge in [0, 0.05) is 18.1 Å². The second kappa shape index (κ2) is 8.11. The molecule has 0 N–H and O–H groups in total. The highest BCUT2D eigenvalue weighted by atomic mass is 16.6. The molecule has 0 bridgehead atoms. The third-order valence-electron chi connectivity index (χ3n) is 4.60. The van der Waals surface area contributed by atoms with Crippen LogP contribution in [0.4, 0.5) is 0 Å². The first-order valence-corrected chi connectivity index (χ1v) is 9.08. The molecule has 0 aliphatic rings. The number of rotatable bonds is 6. The monoisotopic (exact) mass is 372 g/mol. The van der Waals surface area contributed by atoms with Crippen molar-refractivity contribution < 1.29 is 18.7 Å². The Morgan fingerprint density at radius 1 is 0.857 bits per heavy atom. The van der Waals surface area contributed by atoms with Crippen LogP contribution in [0.3, 0.4) is 0 Å². The molecule has 4 nitrogen and oxygen atoms in total. The number of carbonyl (C=O) groups is 1. The van der Waals surface area contributed by atoms with Crippen molar-refractivity contribution in [2.24, 2.45) is 0 Å². The summed E-state index contributed by atoms with van der Waals surface area (Å²) in [5.74, 6) is -0.333. The molecule has 140 valence electrons. The number of carbonyl (C=O) groups excluding carboxylic acids is 1. The maximum absolute atomic E-state index is 13.1. The summed E-state index contributed by atoms with van der Waals surface area (Å²) in [5, 5.41) is 0.854. The van der Waals surface area contributed by atoms with Crippen LogP contribution in [-0.2, 0) is 16.1 Å². The average Bonchev–Trinajstić information content (AvgIpc) is 3.12. The van der Waals surface area contributed by atoms with Crippen LogP contribution >= 0.6 is 0 Å². The molecular weight excluding hydrogens is 352 g/mol. The molecule has 4 aromatic rings. The summed E-state index contributed by atoms with van der Waals surface area (Å²) in [4.78, 5) is 13.1. The maximum Gasteiger partial charge on any atom is 0.375 e. The van der Waals surface area contributed by atoms with E-state index < -0.39 is 12.1 Å². The van der Waals surface area contributed by atoms with E-state index in [1.165, 1.54) is 0 Å². The minimum absolute atomic E-state index is 0.180. The Kier molecular flexibility index (Phi) is 5.22. The minimum Gasteiger partial charge on any atom is -0.449 e. The Balaban J connectivity index is 1.73. The summed E-state index contributed by atoms with van der Waals surface area (Å²) in [5.41, 5.74) is 3.12. The van der Waals surface area contributed by atoms with E-state index in [9.17, 15) is 4.79 Å². The van der Waals surface area contributed by atoms with Crippen LogP contribution in [0.15, 0.2) is 89.3 Å². The number of benzene rings is 3. The van der Waals surface area contributed by atoms with E-state index >= 15 is 0 Å². The highest BCUT2D eigenvalue weighted by Gasteiger charge is 2.26. The van der Waals surface area contributed by atoms with Crippen LogP contribution in [0.2, 0.25) is 0 Å². The zero-order chi connectivity index (χ0) is 19.3. The molecule has 0 fully saturated rings. The molecule has 28 heavy (non-hydrogen) atoms.